The van der Waals surface area contributed by atoms with Gasteiger partial charge >= 0.3 is 0 Å². The molecule has 1 saturated heterocycles. The smallest absolute Gasteiger partial charge is 0.274 e. The van der Waals surface area contributed by atoms with Gasteiger partial charge in [-0.05, 0) is 5.56 Å². The molecule has 1 fully saturated rings. The summed E-state index contributed by atoms with van der Waals surface area (Å²) in [7, 11) is 0. The first kappa shape index (κ1) is 15.6. The van der Waals surface area contributed by atoms with Gasteiger partial charge in [0, 0.05) is 24.1 Å². The molecule has 2 atom stereocenters. The lowest BCUT2D eigenvalue weighted by atomic mass is 10.0. The highest BCUT2D eigenvalue weighted by Gasteiger charge is 2.27. The second kappa shape index (κ2) is 6.88. The maximum absolute atomic E-state index is 12.4. The van der Waals surface area contributed by atoms with Gasteiger partial charge in [-0.15, -0.1) is 0 Å². The van der Waals surface area contributed by atoms with Gasteiger partial charge in [-0.1, -0.05) is 65.8 Å². The van der Waals surface area contributed by atoms with Crippen LogP contribution >= 0.6 is 0 Å². The van der Waals surface area contributed by atoms with Crippen molar-refractivity contribution in [2.24, 2.45) is 0 Å². The largest absolute Gasteiger partial charge is 0.355 e. The maximum Gasteiger partial charge on any atom is 0.274 e. The highest BCUT2D eigenvalue weighted by molar-refractivity contribution is 5.93. The van der Waals surface area contributed by atoms with Crippen LogP contribution in [0, 0.1) is 0 Å². The van der Waals surface area contributed by atoms with Gasteiger partial charge in [-0.25, -0.2) is 10.9 Å². The Morgan fingerprint density at radius 2 is 1.76 bits per heavy atom. The van der Waals surface area contributed by atoms with Crippen LogP contribution in [-0.2, 0) is 0 Å². The Morgan fingerprint density at radius 1 is 1.04 bits per heavy atom. The van der Waals surface area contributed by atoms with Gasteiger partial charge in [-0.2, -0.15) is 0 Å². The molecule has 4 rings (SSSR count). The van der Waals surface area contributed by atoms with Gasteiger partial charge in [0.05, 0.1) is 6.17 Å². The van der Waals surface area contributed by atoms with E-state index in [9.17, 15) is 4.79 Å². The van der Waals surface area contributed by atoms with E-state index in [-0.39, 0.29) is 23.8 Å². The molecule has 1 aromatic heterocycles. The van der Waals surface area contributed by atoms with Gasteiger partial charge in [0.25, 0.3) is 5.91 Å². The van der Waals surface area contributed by atoms with Crippen molar-refractivity contribution in [2.75, 3.05) is 0 Å². The number of aromatic nitrogens is 1. The van der Waals surface area contributed by atoms with Gasteiger partial charge in [0.2, 0.25) is 0 Å². The Morgan fingerprint density at radius 3 is 2.52 bits per heavy atom. The second-order valence-corrected chi connectivity index (χ2v) is 5.96. The van der Waals surface area contributed by atoms with Crippen molar-refractivity contribution in [1.82, 2.24) is 21.3 Å². The summed E-state index contributed by atoms with van der Waals surface area (Å²) in [5, 5.41) is 6.80. The van der Waals surface area contributed by atoms with E-state index < -0.39 is 0 Å². The molecule has 3 N–H and O–H groups in total. The lowest BCUT2D eigenvalue weighted by Crippen LogP contribution is -2.44. The van der Waals surface area contributed by atoms with Crippen molar-refractivity contribution in [2.45, 2.75) is 18.6 Å². The van der Waals surface area contributed by atoms with Crippen LogP contribution in [0.2, 0.25) is 0 Å². The van der Waals surface area contributed by atoms with Crippen LogP contribution in [-0.4, -0.2) is 17.2 Å². The minimum Gasteiger partial charge on any atom is -0.355 e. The average Bonchev–Trinajstić information content (AvgIpc) is 3.33. The van der Waals surface area contributed by atoms with Crippen molar-refractivity contribution in [3.63, 3.8) is 0 Å². The molecule has 6 nitrogen and oxygen atoms in total. The zero-order valence-corrected chi connectivity index (χ0v) is 13.5. The van der Waals surface area contributed by atoms with Crippen LogP contribution in [0.3, 0.4) is 0 Å². The molecular formula is C19H18N4O2. The van der Waals surface area contributed by atoms with E-state index >= 15 is 0 Å². The number of hydrazine groups is 1. The summed E-state index contributed by atoms with van der Waals surface area (Å²) in [6, 6.07) is 21.5. The van der Waals surface area contributed by atoms with Crippen LogP contribution in [0.15, 0.2) is 71.3 Å². The standard InChI is InChI=1S/C19H18N4O2/c24-19(16-11-17(25-23-16)14-9-5-2-6-10-14)20-18-12-15(21-22-18)13-7-3-1-4-8-13/h1-11,15,18,21-22H,12H2,(H,20,24). The van der Waals surface area contributed by atoms with Crippen LogP contribution in [0.5, 0.6) is 0 Å². The van der Waals surface area contributed by atoms with Crippen LogP contribution < -0.4 is 16.2 Å². The highest BCUT2D eigenvalue weighted by Crippen LogP contribution is 2.22. The summed E-state index contributed by atoms with van der Waals surface area (Å²) < 4.78 is 5.28. The van der Waals surface area contributed by atoms with Crippen LogP contribution in [0.25, 0.3) is 11.3 Å². The second-order valence-electron chi connectivity index (χ2n) is 5.96. The van der Waals surface area contributed by atoms with E-state index in [1.165, 1.54) is 5.56 Å². The molecule has 2 unspecified atom stereocenters. The molecule has 2 heterocycles. The van der Waals surface area contributed by atoms with E-state index in [2.05, 4.69) is 33.5 Å². The van der Waals surface area contributed by atoms with Crippen molar-refractivity contribution in [3.8, 4) is 11.3 Å². The molecule has 0 radical (unpaired) electrons. The van der Waals surface area contributed by atoms with E-state index in [0.717, 1.165) is 12.0 Å². The summed E-state index contributed by atoms with van der Waals surface area (Å²) in [5.74, 6) is 0.310. The number of nitrogens with one attached hydrogen (secondary N) is 3. The van der Waals surface area contributed by atoms with Crippen molar-refractivity contribution in [1.29, 1.82) is 0 Å². The van der Waals surface area contributed by atoms with Gasteiger partial charge in [-0.3, -0.25) is 4.79 Å². The van der Waals surface area contributed by atoms with Gasteiger partial charge in [0.1, 0.15) is 0 Å². The monoisotopic (exact) mass is 334 g/mol. The van der Waals surface area contributed by atoms with Crippen molar-refractivity contribution >= 4 is 5.91 Å². The number of hydrogen-bond donors (Lipinski definition) is 3. The van der Waals surface area contributed by atoms with Crippen molar-refractivity contribution < 1.29 is 9.32 Å². The van der Waals surface area contributed by atoms with Crippen molar-refractivity contribution in [3.05, 3.63) is 78.0 Å². The Hall–Kier alpha value is -2.96. The van der Waals surface area contributed by atoms with E-state index in [1.54, 1.807) is 6.07 Å². The zero-order valence-electron chi connectivity index (χ0n) is 13.5. The molecule has 126 valence electrons. The third-order valence-corrected chi connectivity index (χ3v) is 4.21. The molecule has 0 aliphatic carbocycles. The molecular weight excluding hydrogens is 316 g/mol. The molecule has 0 spiro atoms. The molecule has 2 aromatic carbocycles. The Balaban J connectivity index is 1.39. The van der Waals surface area contributed by atoms with Crippen LogP contribution in [0.4, 0.5) is 0 Å². The predicted molar refractivity (Wildman–Crippen MR) is 93.3 cm³/mol. The molecule has 3 aromatic rings. The molecule has 1 amide bonds. The summed E-state index contributed by atoms with van der Waals surface area (Å²) in [6.45, 7) is 0. The fourth-order valence-electron chi connectivity index (χ4n) is 2.91. The number of amides is 1. The minimum atomic E-state index is -0.265. The van der Waals surface area contributed by atoms with E-state index in [0.29, 0.717) is 5.76 Å². The summed E-state index contributed by atoms with van der Waals surface area (Å²) in [6.07, 6.45) is 0.577. The number of nitrogens with zero attached hydrogens (tertiary/aromatic N) is 1. The number of hydrogen-bond acceptors (Lipinski definition) is 5. The summed E-state index contributed by atoms with van der Waals surface area (Å²) >= 11 is 0. The molecule has 0 saturated carbocycles. The van der Waals surface area contributed by atoms with Crippen LogP contribution in [0.1, 0.15) is 28.5 Å². The van der Waals surface area contributed by atoms with E-state index in [4.69, 9.17) is 4.52 Å². The highest BCUT2D eigenvalue weighted by atomic mass is 16.5. The first-order valence-corrected chi connectivity index (χ1v) is 8.18. The fourth-order valence-corrected chi connectivity index (χ4v) is 2.91. The Kier molecular flexibility index (Phi) is 4.28. The minimum absolute atomic E-state index is 0.156. The Bertz CT molecular complexity index is 848. The van der Waals surface area contributed by atoms with E-state index in [1.807, 2.05) is 48.5 Å². The lowest BCUT2D eigenvalue weighted by Gasteiger charge is -2.10. The normalized spacial score (nSPS) is 19.7. The predicted octanol–water partition coefficient (Wildman–Crippen LogP) is 2.64. The molecule has 1 aliphatic rings. The quantitative estimate of drug-likeness (QED) is 0.683. The third kappa shape index (κ3) is 3.45. The fraction of sp³-hybridized carbons (Fsp3) is 0.158. The number of carbonyl (C=O) groups excluding carboxylic acids is 1. The number of rotatable bonds is 4. The topological polar surface area (TPSA) is 79.2 Å². The molecule has 0 bridgehead atoms. The average molecular weight is 334 g/mol. The SMILES string of the molecule is O=C(NC1CC(c2ccccc2)NN1)c1cc(-c2ccccc2)on1. The molecule has 1 aliphatic heterocycles. The first-order chi connectivity index (χ1) is 12.3. The molecule has 6 heteroatoms. The molecule has 25 heavy (non-hydrogen) atoms. The number of carbonyl (C=O) groups is 1. The van der Waals surface area contributed by atoms with Gasteiger partial charge in [0.15, 0.2) is 11.5 Å². The number of benzene rings is 2. The van der Waals surface area contributed by atoms with Gasteiger partial charge < -0.3 is 9.84 Å². The summed E-state index contributed by atoms with van der Waals surface area (Å²) in [4.78, 5) is 12.4. The summed E-state index contributed by atoms with van der Waals surface area (Å²) in [5.41, 5.74) is 8.64. The third-order valence-electron chi connectivity index (χ3n) is 4.21. The Labute approximate surface area is 145 Å². The maximum atomic E-state index is 12.4. The first-order valence-electron chi connectivity index (χ1n) is 8.18. The zero-order chi connectivity index (χ0) is 17.1. The lowest BCUT2D eigenvalue weighted by molar-refractivity contribution is 0.0923.